The molecule has 3 rings (SSSR count). The molecule has 1 unspecified atom stereocenters. The molecule has 1 aromatic carbocycles. The van der Waals surface area contributed by atoms with Crippen LogP contribution < -0.4 is 4.74 Å². The molecular weight excluding hydrogens is 377 g/mol. The lowest BCUT2D eigenvalue weighted by Gasteiger charge is -2.32. The number of halogens is 1. The Morgan fingerprint density at radius 3 is 2.54 bits per heavy atom. The lowest BCUT2D eigenvalue weighted by Crippen LogP contribution is -2.36. The molecule has 0 bridgehead atoms. The fourth-order valence-corrected chi connectivity index (χ4v) is 4.75. The zero-order valence-corrected chi connectivity index (χ0v) is 17.5. The standard InChI is InChI=1S/C21H28FN3O2S/c1-21(2,3)27-20-18(23-10-11-24-20)14-25-12-8-16(9-13-25)15-28(26)19-7-5-4-6-17(19)22/h4-7,10-11,16H,8-9,12-15H2,1-3H3. The highest BCUT2D eigenvalue weighted by molar-refractivity contribution is 7.91. The molecule has 0 aliphatic carbocycles. The van der Waals surface area contributed by atoms with Crippen LogP contribution in [-0.4, -0.2) is 43.9 Å². The van der Waals surface area contributed by atoms with Crippen LogP contribution in [0.2, 0.25) is 0 Å². The van der Waals surface area contributed by atoms with Crippen molar-refractivity contribution < 1.29 is 13.7 Å². The van der Waals surface area contributed by atoms with Crippen LogP contribution in [0, 0.1) is 11.7 Å². The van der Waals surface area contributed by atoms with Crippen molar-refractivity contribution in [3.8, 4) is 5.88 Å². The summed E-state index contributed by atoms with van der Waals surface area (Å²) in [6.07, 6.45) is 5.22. The van der Waals surface area contributed by atoms with Crippen LogP contribution in [0.4, 0.5) is 4.39 Å². The summed E-state index contributed by atoms with van der Waals surface area (Å²) in [4.78, 5) is 11.4. The van der Waals surface area contributed by atoms with E-state index in [4.69, 9.17) is 4.74 Å². The molecule has 1 saturated heterocycles. The predicted molar refractivity (Wildman–Crippen MR) is 108 cm³/mol. The maximum absolute atomic E-state index is 13.8. The minimum atomic E-state index is -1.29. The van der Waals surface area contributed by atoms with E-state index in [0.717, 1.165) is 31.6 Å². The highest BCUT2D eigenvalue weighted by Crippen LogP contribution is 2.26. The molecule has 0 N–H and O–H groups in total. The summed E-state index contributed by atoms with van der Waals surface area (Å²) >= 11 is -1.29. The predicted octanol–water partition coefficient (Wildman–Crippen LogP) is 3.81. The van der Waals surface area contributed by atoms with E-state index in [9.17, 15) is 8.94 Å². The van der Waals surface area contributed by atoms with E-state index in [0.29, 0.717) is 29.0 Å². The van der Waals surface area contributed by atoms with E-state index < -0.39 is 11.2 Å². The van der Waals surface area contributed by atoms with Gasteiger partial charge in [0, 0.05) is 24.9 Å². The molecular formula is C21H28FN3O2S. The molecule has 1 aliphatic rings. The van der Waals surface area contributed by atoms with Crippen LogP contribution in [0.15, 0.2) is 41.6 Å². The van der Waals surface area contributed by atoms with Gasteiger partial charge in [0.1, 0.15) is 17.0 Å². The summed E-state index contributed by atoms with van der Waals surface area (Å²) in [5.41, 5.74) is 0.514. The molecule has 1 aliphatic heterocycles. The number of hydrogen-bond acceptors (Lipinski definition) is 5. The van der Waals surface area contributed by atoms with Crippen molar-refractivity contribution in [2.45, 2.75) is 50.7 Å². The average Bonchev–Trinajstić information content (AvgIpc) is 2.64. The highest BCUT2D eigenvalue weighted by Gasteiger charge is 2.27. The van der Waals surface area contributed by atoms with Gasteiger partial charge >= 0.3 is 0 Å². The van der Waals surface area contributed by atoms with E-state index >= 15 is 0 Å². The zero-order chi connectivity index (χ0) is 20.1. The lowest BCUT2D eigenvalue weighted by molar-refractivity contribution is 0.117. The van der Waals surface area contributed by atoms with Crippen molar-refractivity contribution in [2.24, 2.45) is 5.92 Å². The van der Waals surface area contributed by atoms with E-state index in [2.05, 4.69) is 14.9 Å². The van der Waals surface area contributed by atoms with Gasteiger partial charge < -0.3 is 9.29 Å². The molecule has 0 spiro atoms. The Morgan fingerprint density at radius 1 is 1.18 bits per heavy atom. The van der Waals surface area contributed by atoms with Gasteiger partial charge in [0.2, 0.25) is 5.88 Å². The van der Waals surface area contributed by atoms with E-state index in [1.54, 1.807) is 30.6 Å². The monoisotopic (exact) mass is 405 g/mol. The molecule has 152 valence electrons. The van der Waals surface area contributed by atoms with Crippen molar-refractivity contribution in [2.75, 3.05) is 18.8 Å². The second kappa shape index (κ2) is 9.20. The third-order valence-corrected chi connectivity index (χ3v) is 6.28. The van der Waals surface area contributed by atoms with Crippen LogP contribution >= 0.6 is 0 Å². The van der Waals surface area contributed by atoms with Gasteiger partial charge in [0.15, 0.2) is 10.7 Å². The third kappa shape index (κ3) is 5.90. The van der Waals surface area contributed by atoms with Crippen molar-refractivity contribution in [3.63, 3.8) is 0 Å². The first-order valence-electron chi connectivity index (χ1n) is 9.66. The second-order valence-corrected chi connectivity index (χ2v) is 9.65. The summed E-state index contributed by atoms with van der Waals surface area (Å²) in [5.74, 6) is 1.05. The van der Waals surface area contributed by atoms with E-state index in [1.165, 1.54) is 6.07 Å². The van der Waals surface area contributed by atoms with Gasteiger partial charge in [-0.05, 0) is 70.0 Å². The Bertz CT molecular complexity index is 776. The van der Waals surface area contributed by atoms with Crippen molar-refractivity contribution in [1.29, 1.82) is 0 Å². The van der Waals surface area contributed by atoms with Crippen molar-refractivity contribution in [1.82, 2.24) is 14.9 Å². The van der Waals surface area contributed by atoms with Crippen LogP contribution in [0.25, 0.3) is 0 Å². The van der Waals surface area contributed by atoms with Crippen LogP contribution in [0.5, 0.6) is 5.88 Å². The summed E-state index contributed by atoms with van der Waals surface area (Å²) in [6.45, 7) is 8.45. The van der Waals surface area contributed by atoms with Gasteiger partial charge in [0.25, 0.3) is 0 Å². The molecule has 2 heterocycles. The Balaban J connectivity index is 1.53. The van der Waals surface area contributed by atoms with Crippen LogP contribution in [0.1, 0.15) is 39.3 Å². The quantitative estimate of drug-likeness (QED) is 0.684. The van der Waals surface area contributed by atoms with Gasteiger partial charge in [-0.2, -0.15) is 0 Å². The summed E-state index contributed by atoms with van der Waals surface area (Å²) < 4.78 is 32.3. The topological polar surface area (TPSA) is 61.3 Å². The highest BCUT2D eigenvalue weighted by atomic mass is 32.2. The second-order valence-electron chi connectivity index (χ2n) is 8.18. The SMILES string of the molecule is CC(C)(C)Oc1nccnc1CN1CCC(C[S+]([O-])c2ccccc2F)CC1. The summed E-state index contributed by atoms with van der Waals surface area (Å²) in [5, 5.41) is 0. The Hall–Kier alpha value is -1.70. The summed E-state index contributed by atoms with van der Waals surface area (Å²) in [6, 6.07) is 6.34. The van der Waals surface area contributed by atoms with Crippen LogP contribution in [0.3, 0.4) is 0 Å². The molecule has 0 amide bonds. The largest absolute Gasteiger partial charge is 0.611 e. The molecule has 1 atom stereocenters. The third-order valence-electron chi connectivity index (χ3n) is 4.69. The average molecular weight is 406 g/mol. The Morgan fingerprint density at radius 2 is 1.86 bits per heavy atom. The van der Waals surface area contributed by atoms with E-state index in [1.807, 2.05) is 20.8 Å². The lowest BCUT2D eigenvalue weighted by atomic mass is 9.99. The number of likely N-dealkylation sites (tertiary alicyclic amines) is 1. The normalized spacial score (nSPS) is 17.5. The molecule has 7 heteroatoms. The smallest absolute Gasteiger partial charge is 0.237 e. The molecule has 0 radical (unpaired) electrons. The number of benzene rings is 1. The Labute approximate surface area is 169 Å². The van der Waals surface area contributed by atoms with Gasteiger partial charge in [-0.1, -0.05) is 12.1 Å². The molecule has 28 heavy (non-hydrogen) atoms. The van der Waals surface area contributed by atoms with Gasteiger partial charge in [0.05, 0.1) is 0 Å². The first-order chi connectivity index (χ1) is 13.3. The van der Waals surface area contributed by atoms with Crippen molar-refractivity contribution in [3.05, 3.63) is 48.2 Å². The van der Waals surface area contributed by atoms with Gasteiger partial charge in [-0.3, -0.25) is 9.88 Å². The maximum atomic E-state index is 13.8. The molecule has 0 saturated carbocycles. The van der Waals surface area contributed by atoms with Gasteiger partial charge in [-0.15, -0.1) is 0 Å². The van der Waals surface area contributed by atoms with E-state index in [-0.39, 0.29) is 11.4 Å². The summed E-state index contributed by atoms with van der Waals surface area (Å²) in [7, 11) is 0. The first-order valence-corrected chi connectivity index (χ1v) is 11.0. The number of rotatable bonds is 6. The number of hydrogen-bond donors (Lipinski definition) is 0. The number of piperidine rings is 1. The fraction of sp³-hybridized carbons (Fsp3) is 0.524. The minimum Gasteiger partial charge on any atom is -0.611 e. The Kier molecular flexibility index (Phi) is 6.91. The molecule has 5 nitrogen and oxygen atoms in total. The number of aromatic nitrogens is 2. The molecule has 1 fully saturated rings. The van der Waals surface area contributed by atoms with Crippen LogP contribution in [-0.2, 0) is 17.7 Å². The van der Waals surface area contributed by atoms with Crippen molar-refractivity contribution >= 4 is 11.2 Å². The van der Waals surface area contributed by atoms with Gasteiger partial charge in [-0.25, -0.2) is 9.37 Å². The molecule has 1 aromatic heterocycles. The fourth-order valence-electron chi connectivity index (χ4n) is 3.29. The zero-order valence-electron chi connectivity index (χ0n) is 16.7. The minimum absolute atomic E-state index is 0.313. The number of ether oxygens (including phenoxy) is 1. The first kappa shape index (κ1) is 21.0. The number of nitrogens with zero attached hydrogens (tertiary/aromatic N) is 3. The maximum Gasteiger partial charge on any atom is 0.237 e. The molecule has 2 aromatic rings.